The molecule has 1 atom stereocenters. The Bertz CT molecular complexity index is 350. The zero-order valence-corrected chi connectivity index (χ0v) is 10.8. The van der Waals surface area contributed by atoms with Crippen molar-refractivity contribution in [3.63, 3.8) is 0 Å². The van der Waals surface area contributed by atoms with Gasteiger partial charge in [-0.3, -0.25) is 0 Å². The Hall–Kier alpha value is -1.07. The van der Waals surface area contributed by atoms with Gasteiger partial charge in [-0.25, -0.2) is 9.97 Å². The van der Waals surface area contributed by atoms with Gasteiger partial charge in [0.25, 0.3) is 0 Å². The Morgan fingerprint density at radius 2 is 2.35 bits per heavy atom. The van der Waals surface area contributed by atoms with Gasteiger partial charge in [-0.2, -0.15) is 0 Å². The summed E-state index contributed by atoms with van der Waals surface area (Å²) < 4.78 is 5.36. The fourth-order valence-corrected chi connectivity index (χ4v) is 1.95. The molecule has 2 N–H and O–H groups in total. The van der Waals surface area contributed by atoms with Crippen molar-refractivity contribution in [2.24, 2.45) is 5.73 Å². The van der Waals surface area contributed by atoms with E-state index in [2.05, 4.69) is 14.9 Å². The molecule has 1 aromatic rings. The third-order valence-electron chi connectivity index (χ3n) is 2.70. The summed E-state index contributed by atoms with van der Waals surface area (Å²) in [4.78, 5) is 10.5. The monoisotopic (exact) mass is 258 g/mol. The molecule has 0 radical (unpaired) electrons. The molecule has 2 rings (SSSR count). The fraction of sp³-hybridized carbons (Fsp3) is 0.636. The van der Waals surface area contributed by atoms with Gasteiger partial charge in [0.2, 0.25) is 5.88 Å². The zero-order chi connectivity index (χ0) is 11.4. The zero-order valence-electron chi connectivity index (χ0n) is 10.0. The lowest BCUT2D eigenvalue weighted by Gasteiger charge is -2.31. The lowest BCUT2D eigenvalue weighted by Crippen LogP contribution is -2.43. The van der Waals surface area contributed by atoms with Crippen LogP contribution in [0.5, 0.6) is 5.88 Å². The standard InChI is InChI=1S/C11H18N4O.ClH/c1-2-16-11-6-10(13-8-14-11)15-5-3-4-9(12)7-15;/h6,8-9H,2-5,7,12H2,1H3;1H. The van der Waals surface area contributed by atoms with Gasteiger partial charge in [-0.15, -0.1) is 12.4 Å². The minimum absolute atomic E-state index is 0. The Labute approximate surface area is 108 Å². The van der Waals surface area contributed by atoms with Crippen molar-refractivity contribution >= 4 is 18.2 Å². The van der Waals surface area contributed by atoms with Gasteiger partial charge in [0.15, 0.2) is 0 Å². The summed E-state index contributed by atoms with van der Waals surface area (Å²) in [5.74, 6) is 1.54. The molecule has 0 aliphatic carbocycles. The minimum Gasteiger partial charge on any atom is -0.478 e. The summed E-state index contributed by atoms with van der Waals surface area (Å²) in [6, 6.07) is 2.13. The third-order valence-corrected chi connectivity index (χ3v) is 2.70. The summed E-state index contributed by atoms with van der Waals surface area (Å²) in [6.07, 6.45) is 3.76. The number of hydrogen-bond donors (Lipinski definition) is 1. The second-order valence-electron chi connectivity index (χ2n) is 4.00. The summed E-state index contributed by atoms with van der Waals surface area (Å²) in [5.41, 5.74) is 5.94. The molecule has 0 amide bonds. The molecule has 1 unspecified atom stereocenters. The molecule has 1 aliphatic rings. The number of halogens is 1. The van der Waals surface area contributed by atoms with Crippen molar-refractivity contribution in [1.29, 1.82) is 0 Å². The molecule has 17 heavy (non-hydrogen) atoms. The number of piperidine rings is 1. The number of nitrogens with zero attached hydrogens (tertiary/aromatic N) is 3. The van der Waals surface area contributed by atoms with Crippen molar-refractivity contribution in [2.45, 2.75) is 25.8 Å². The first-order valence-corrected chi connectivity index (χ1v) is 5.75. The van der Waals surface area contributed by atoms with Crippen molar-refractivity contribution in [3.8, 4) is 5.88 Å². The number of ether oxygens (including phenoxy) is 1. The first-order chi connectivity index (χ1) is 7.79. The van der Waals surface area contributed by atoms with E-state index < -0.39 is 0 Å². The first kappa shape index (κ1) is 14.0. The summed E-state index contributed by atoms with van der Waals surface area (Å²) in [6.45, 7) is 4.44. The van der Waals surface area contributed by atoms with E-state index in [4.69, 9.17) is 10.5 Å². The van der Waals surface area contributed by atoms with Gasteiger partial charge in [0.05, 0.1) is 6.61 Å². The van der Waals surface area contributed by atoms with Crippen LogP contribution in [0.15, 0.2) is 12.4 Å². The number of nitrogens with two attached hydrogens (primary N) is 1. The van der Waals surface area contributed by atoms with Crippen LogP contribution in [-0.4, -0.2) is 35.7 Å². The topological polar surface area (TPSA) is 64.3 Å². The van der Waals surface area contributed by atoms with E-state index in [0.29, 0.717) is 12.5 Å². The van der Waals surface area contributed by atoms with E-state index in [1.807, 2.05) is 13.0 Å². The number of hydrogen-bond acceptors (Lipinski definition) is 5. The maximum atomic E-state index is 5.94. The van der Waals surface area contributed by atoms with Crippen molar-refractivity contribution < 1.29 is 4.74 Å². The smallest absolute Gasteiger partial charge is 0.218 e. The maximum Gasteiger partial charge on any atom is 0.218 e. The minimum atomic E-state index is 0. The molecule has 1 aromatic heterocycles. The predicted molar refractivity (Wildman–Crippen MR) is 69.9 cm³/mol. The van der Waals surface area contributed by atoms with Crippen molar-refractivity contribution in [1.82, 2.24) is 9.97 Å². The van der Waals surface area contributed by atoms with Crippen LogP contribution in [0.4, 0.5) is 5.82 Å². The molecule has 6 heteroatoms. The number of anilines is 1. The highest BCUT2D eigenvalue weighted by atomic mass is 35.5. The van der Waals surface area contributed by atoms with Gasteiger partial charge in [0.1, 0.15) is 12.1 Å². The second kappa shape index (κ2) is 6.61. The fourth-order valence-electron chi connectivity index (χ4n) is 1.95. The molecular formula is C11H19ClN4O. The molecular weight excluding hydrogens is 240 g/mol. The highest BCUT2D eigenvalue weighted by Gasteiger charge is 2.18. The predicted octanol–water partition coefficient (Wildman–Crippen LogP) is 1.22. The van der Waals surface area contributed by atoms with E-state index in [1.54, 1.807) is 6.33 Å². The molecule has 0 aromatic carbocycles. The van der Waals surface area contributed by atoms with Crippen LogP contribution < -0.4 is 15.4 Å². The van der Waals surface area contributed by atoms with Gasteiger partial charge < -0.3 is 15.4 Å². The summed E-state index contributed by atoms with van der Waals surface area (Å²) in [5, 5.41) is 0. The van der Waals surface area contributed by atoms with Crippen LogP contribution in [0.2, 0.25) is 0 Å². The quantitative estimate of drug-likeness (QED) is 0.883. The Morgan fingerprint density at radius 1 is 1.53 bits per heavy atom. The van der Waals surface area contributed by atoms with Crippen LogP contribution in [0.25, 0.3) is 0 Å². The molecule has 1 fully saturated rings. The summed E-state index contributed by atoms with van der Waals surface area (Å²) >= 11 is 0. The maximum absolute atomic E-state index is 5.94. The highest BCUT2D eigenvalue weighted by Crippen LogP contribution is 2.19. The van der Waals surface area contributed by atoms with Crippen LogP contribution in [-0.2, 0) is 0 Å². The van der Waals surface area contributed by atoms with Gasteiger partial charge >= 0.3 is 0 Å². The SMILES string of the molecule is CCOc1cc(N2CCCC(N)C2)ncn1.Cl. The van der Waals surface area contributed by atoms with E-state index >= 15 is 0 Å². The summed E-state index contributed by atoms with van der Waals surface area (Å²) in [7, 11) is 0. The van der Waals surface area contributed by atoms with Crippen LogP contribution >= 0.6 is 12.4 Å². The average molecular weight is 259 g/mol. The van der Waals surface area contributed by atoms with E-state index in [0.717, 1.165) is 31.7 Å². The van der Waals surface area contributed by atoms with Gasteiger partial charge in [0, 0.05) is 25.2 Å². The normalized spacial score (nSPS) is 19.6. The largest absolute Gasteiger partial charge is 0.478 e. The molecule has 1 saturated heterocycles. The lowest BCUT2D eigenvalue weighted by molar-refractivity contribution is 0.326. The van der Waals surface area contributed by atoms with Crippen molar-refractivity contribution in [3.05, 3.63) is 12.4 Å². The first-order valence-electron chi connectivity index (χ1n) is 5.75. The van der Waals surface area contributed by atoms with E-state index in [1.165, 1.54) is 0 Å². The Balaban J connectivity index is 0.00000144. The Kier molecular flexibility index (Phi) is 5.44. The van der Waals surface area contributed by atoms with Crippen LogP contribution in [0.3, 0.4) is 0 Å². The lowest BCUT2D eigenvalue weighted by atomic mass is 10.1. The molecule has 1 aliphatic heterocycles. The van der Waals surface area contributed by atoms with Gasteiger partial charge in [-0.1, -0.05) is 0 Å². The average Bonchev–Trinajstić information content (AvgIpc) is 2.30. The Morgan fingerprint density at radius 3 is 3.06 bits per heavy atom. The third kappa shape index (κ3) is 3.71. The highest BCUT2D eigenvalue weighted by molar-refractivity contribution is 5.85. The van der Waals surface area contributed by atoms with E-state index in [9.17, 15) is 0 Å². The molecule has 96 valence electrons. The van der Waals surface area contributed by atoms with Crippen LogP contribution in [0.1, 0.15) is 19.8 Å². The molecule has 0 saturated carbocycles. The van der Waals surface area contributed by atoms with Crippen LogP contribution in [0, 0.1) is 0 Å². The second-order valence-corrected chi connectivity index (χ2v) is 4.00. The molecule has 2 heterocycles. The number of aromatic nitrogens is 2. The van der Waals surface area contributed by atoms with E-state index in [-0.39, 0.29) is 18.4 Å². The molecule has 0 spiro atoms. The molecule has 5 nitrogen and oxygen atoms in total. The van der Waals surface area contributed by atoms with Crippen molar-refractivity contribution in [2.75, 3.05) is 24.6 Å². The van der Waals surface area contributed by atoms with Gasteiger partial charge in [-0.05, 0) is 19.8 Å². The number of rotatable bonds is 3. The molecule has 0 bridgehead atoms.